The topological polar surface area (TPSA) is 117 Å². The number of hydrogen-bond donors (Lipinski definition) is 2. The van der Waals surface area contributed by atoms with E-state index < -0.39 is 11.9 Å². The third kappa shape index (κ3) is 6.57. The Labute approximate surface area is 287 Å². The van der Waals surface area contributed by atoms with Crippen LogP contribution < -0.4 is 4.90 Å². The highest BCUT2D eigenvalue weighted by Crippen LogP contribution is 2.52. The minimum Gasteiger partial charge on any atom is -0.478 e. The number of hydrogen-bond acceptors (Lipinski definition) is 7. The van der Waals surface area contributed by atoms with Crippen LogP contribution in [0.3, 0.4) is 0 Å². The molecule has 240 valence electrons. The number of nitrogens with zero attached hydrogens (tertiary/aromatic N) is 4. The van der Waals surface area contributed by atoms with Crippen molar-refractivity contribution < 1.29 is 19.8 Å². The molecule has 0 bridgehead atoms. The maximum absolute atomic E-state index is 12.0. The maximum Gasteiger partial charge on any atom is 0.335 e. The Kier molecular flexibility index (Phi) is 8.50. The molecule has 1 aliphatic heterocycles. The molecule has 0 saturated heterocycles. The van der Waals surface area contributed by atoms with Crippen molar-refractivity contribution in [3.63, 3.8) is 0 Å². The summed E-state index contributed by atoms with van der Waals surface area (Å²) in [6.45, 7) is 2.27. The number of pyridine rings is 3. The van der Waals surface area contributed by atoms with Gasteiger partial charge in [0.15, 0.2) is 0 Å². The van der Waals surface area contributed by atoms with E-state index in [1.807, 2.05) is 36.0 Å². The first-order valence-corrected chi connectivity index (χ1v) is 16.4. The summed E-state index contributed by atoms with van der Waals surface area (Å²) in [6.07, 6.45) is 6.22. The third-order valence-corrected chi connectivity index (χ3v) is 9.85. The first-order valence-electron chi connectivity index (χ1n) is 15.6. The molecule has 3 aromatic carbocycles. The van der Waals surface area contributed by atoms with E-state index in [4.69, 9.17) is 0 Å². The minimum atomic E-state index is -1.14. The summed E-state index contributed by atoms with van der Waals surface area (Å²) in [7, 11) is 0. The first-order chi connectivity index (χ1) is 23.8. The van der Waals surface area contributed by atoms with Crippen molar-refractivity contribution in [3.05, 3.63) is 162 Å². The van der Waals surface area contributed by atoms with Gasteiger partial charge in [0.2, 0.25) is 0 Å². The number of anilines is 2. The second-order valence-electron chi connectivity index (χ2n) is 11.8. The van der Waals surface area contributed by atoms with Gasteiger partial charge in [0, 0.05) is 28.5 Å². The smallest absolute Gasteiger partial charge is 0.335 e. The van der Waals surface area contributed by atoms with Crippen LogP contribution in [0.15, 0.2) is 145 Å². The number of carbonyl (C=O) groups is 2. The van der Waals surface area contributed by atoms with E-state index in [1.165, 1.54) is 41.1 Å². The number of benzene rings is 3. The molecule has 1 atom stereocenters. The largest absolute Gasteiger partial charge is 0.478 e. The zero-order chi connectivity index (χ0) is 34.0. The Balaban J connectivity index is 1.16. The van der Waals surface area contributed by atoms with Crippen LogP contribution in [0, 0.1) is 0 Å². The average molecular weight is 663 g/mol. The van der Waals surface area contributed by atoms with E-state index in [-0.39, 0.29) is 27.3 Å². The fraction of sp³-hybridized carbons (Fsp3) is 0.0750. The minimum absolute atomic E-state index is 0.00698. The van der Waals surface area contributed by atoms with Crippen molar-refractivity contribution in [2.75, 3.05) is 4.90 Å². The molecule has 0 amide bonds. The maximum atomic E-state index is 12.0. The lowest BCUT2D eigenvalue weighted by molar-refractivity contribution is 0.0686. The molecule has 3 aromatic heterocycles. The van der Waals surface area contributed by atoms with E-state index in [0.29, 0.717) is 11.4 Å². The summed E-state index contributed by atoms with van der Waals surface area (Å²) < 4.78 is -0.164. The Morgan fingerprint density at radius 2 is 1.20 bits per heavy atom. The Morgan fingerprint density at radius 1 is 0.653 bits per heavy atom. The van der Waals surface area contributed by atoms with Gasteiger partial charge < -0.3 is 15.1 Å². The summed E-state index contributed by atoms with van der Waals surface area (Å²) in [5, 5.41) is 20.4. The number of carboxylic acids is 2. The Bertz CT molecular complexity index is 2170. The second-order valence-corrected chi connectivity index (χ2v) is 13.3. The van der Waals surface area contributed by atoms with Gasteiger partial charge in [-0.1, -0.05) is 78.5 Å². The predicted molar refractivity (Wildman–Crippen MR) is 193 cm³/mol. The molecule has 6 aromatic rings. The van der Waals surface area contributed by atoms with Crippen LogP contribution in [0.5, 0.6) is 0 Å². The van der Waals surface area contributed by atoms with Crippen LogP contribution in [0.1, 0.15) is 39.6 Å². The number of thioether (sulfide) groups is 1. The summed E-state index contributed by atoms with van der Waals surface area (Å²) in [5.74, 6) is -2.25. The van der Waals surface area contributed by atoms with Crippen molar-refractivity contribution in [2.45, 2.75) is 18.1 Å². The lowest BCUT2D eigenvalue weighted by atomic mass is 9.94. The van der Waals surface area contributed by atoms with Crippen molar-refractivity contribution >= 4 is 35.1 Å². The third-order valence-electron chi connectivity index (χ3n) is 8.44. The Hall–Kier alpha value is -6.06. The van der Waals surface area contributed by atoms with Crippen LogP contribution in [-0.4, -0.2) is 37.1 Å². The highest BCUT2D eigenvalue weighted by atomic mass is 32.2. The van der Waals surface area contributed by atoms with Crippen molar-refractivity contribution in [3.8, 4) is 33.9 Å². The van der Waals surface area contributed by atoms with Crippen LogP contribution in [0.2, 0.25) is 0 Å². The van der Waals surface area contributed by atoms with Gasteiger partial charge in [0.05, 0.1) is 38.9 Å². The van der Waals surface area contributed by atoms with Gasteiger partial charge in [-0.05, 0) is 90.7 Å². The van der Waals surface area contributed by atoms with Gasteiger partial charge in [-0.3, -0.25) is 9.97 Å². The number of carboxylic acid groups (broad SMARTS) is 2. The Morgan fingerprint density at radius 3 is 1.80 bits per heavy atom. The molecule has 4 heterocycles. The van der Waals surface area contributed by atoms with Gasteiger partial charge in [0.1, 0.15) is 0 Å². The number of allylic oxidation sites excluding steroid dienone is 1. The lowest BCUT2D eigenvalue weighted by Crippen LogP contribution is -2.17. The van der Waals surface area contributed by atoms with Gasteiger partial charge in [-0.2, -0.15) is 0 Å². The molecule has 1 aliphatic rings. The second kappa shape index (κ2) is 13.2. The van der Waals surface area contributed by atoms with Crippen molar-refractivity contribution in [1.82, 2.24) is 15.0 Å². The molecule has 7 rings (SSSR count). The SMILES string of the molecule is CC1(c2ccc(-c3ccnc(-c4cc(C(=O)O)cc(-c5cc(C(=O)O)ccn5)n4)c3)cc2)CC=C(N(c2ccccc2)c2ccccc2)S1. The monoisotopic (exact) mass is 662 g/mol. The number of aromatic carboxylic acids is 2. The molecule has 0 spiro atoms. The molecule has 9 heteroatoms. The summed E-state index contributed by atoms with van der Waals surface area (Å²) in [4.78, 5) is 39.2. The molecule has 8 nitrogen and oxygen atoms in total. The first kappa shape index (κ1) is 31.5. The van der Waals surface area contributed by atoms with Crippen LogP contribution in [-0.2, 0) is 4.75 Å². The number of rotatable bonds is 9. The fourth-order valence-electron chi connectivity index (χ4n) is 5.85. The van der Waals surface area contributed by atoms with Crippen molar-refractivity contribution in [2.24, 2.45) is 0 Å². The summed E-state index contributed by atoms with van der Waals surface area (Å²) in [5.41, 5.74) is 6.64. The van der Waals surface area contributed by atoms with E-state index in [2.05, 4.69) is 106 Å². The van der Waals surface area contributed by atoms with Gasteiger partial charge in [0.25, 0.3) is 0 Å². The summed E-state index contributed by atoms with van der Waals surface area (Å²) >= 11 is 1.85. The molecule has 1 unspecified atom stereocenters. The predicted octanol–water partition coefficient (Wildman–Crippen LogP) is 9.30. The number of para-hydroxylation sites is 2. The fourth-order valence-corrected chi connectivity index (χ4v) is 7.20. The van der Waals surface area contributed by atoms with Gasteiger partial charge >= 0.3 is 11.9 Å². The molecule has 0 saturated carbocycles. The van der Waals surface area contributed by atoms with E-state index in [1.54, 1.807) is 6.20 Å². The normalized spacial score (nSPS) is 15.4. The zero-order valence-electron chi connectivity index (χ0n) is 26.4. The van der Waals surface area contributed by atoms with E-state index in [0.717, 1.165) is 28.9 Å². The number of aromatic nitrogens is 3. The van der Waals surface area contributed by atoms with E-state index >= 15 is 0 Å². The van der Waals surface area contributed by atoms with Crippen molar-refractivity contribution in [1.29, 1.82) is 0 Å². The van der Waals surface area contributed by atoms with Crippen LogP contribution in [0.25, 0.3) is 33.9 Å². The zero-order valence-corrected chi connectivity index (χ0v) is 27.2. The molecular formula is C40H30N4O4S. The standard InChI is InChI=1S/C40H30N4O4S/c1-40(19-16-37(49-40)44(31-8-4-2-5-9-31)32-10-6-3-7-11-32)30-14-12-26(13-15-30)27-17-20-41-33(22-27)35-24-29(39(47)48)25-36(43-35)34-23-28(38(45)46)18-21-42-34/h2-18,20-25H,19H2,1H3,(H,45,46)(H,47,48). The van der Waals surface area contributed by atoms with Gasteiger partial charge in [-0.15, -0.1) is 0 Å². The van der Waals surface area contributed by atoms with Crippen LogP contribution in [0.4, 0.5) is 11.4 Å². The summed E-state index contributed by atoms with van der Waals surface area (Å²) in [6, 6.07) is 38.7. The average Bonchev–Trinajstić information content (AvgIpc) is 3.54. The quantitative estimate of drug-likeness (QED) is 0.156. The molecule has 49 heavy (non-hydrogen) atoms. The molecule has 0 radical (unpaired) electrons. The molecular weight excluding hydrogens is 633 g/mol. The molecule has 0 aliphatic carbocycles. The molecule has 2 N–H and O–H groups in total. The highest BCUT2D eigenvalue weighted by Gasteiger charge is 2.35. The van der Waals surface area contributed by atoms with E-state index in [9.17, 15) is 19.8 Å². The lowest BCUT2D eigenvalue weighted by Gasteiger charge is -2.30. The van der Waals surface area contributed by atoms with Gasteiger partial charge in [-0.25, -0.2) is 14.6 Å². The highest BCUT2D eigenvalue weighted by molar-refractivity contribution is 8.04. The molecule has 0 fully saturated rings. The van der Waals surface area contributed by atoms with Crippen LogP contribution >= 0.6 is 11.8 Å².